The standard InChI is InChI=1S/C9H6F8N2O/c10-7(11)5-4(1-18)19-2-3(8(12,13)14)6(5)20-9(15,16)17/h2,7H,1,18H2. The van der Waals surface area contributed by atoms with Gasteiger partial charge in [0.1, 0.15) is 5.56 Å². The maximum atomic E-state index is 12.7. The van der Waals surface area contributed by atoms with E-state index in [1.54, 1.807) is 0 Å². The van der Waals surface area contributed by atoms with Gasteiger partial charge in [-0.2, -0.15) is 13.2 Å². The summed E-state index contributed by atoms with van der Waals surface area (Å²) in [6.07, 6.45) is -14.6. The summed E-state index contributed by atoms with van der Waals surface area (Å²) < 4.78 is 102. The molecule has 0 bridgehead atoms. The average molecular weight is 310 g/mol. The Bertz CT molecular complexity index is 482. The first-order chi connectivity index (χ1) is 8.97. The van der Waals surface area contributed by atoms with Gasteiger partial charge in [-0.1, -0.05) is 0 Å². The van der Waals surface area contributed by atoms with Crippen LogP contribution in [0.15, 0.2) is 6.20 Å². The fourth-order valence-electron chi connectivity index (χ4n) is 1.36. The largest absolute Gasteiger partial charge is 0.573 e. The maximum absolute atomic E-state index is 12.7. The van der Waals surface area contributed by atoms with Gasteiger partial charge in [0, 0.05) is 12.7 Å². The summed E-state index contributed by atoms with van der Waals surface area (Å²) >= 11 is 0. The molecule has 1 rings (SSSR count). The van der Waals surface area contributed by atoms with Crippen LogP contribution in [0.25, 0.3) is 0 Å². The second-order valence-corrected chi connectivity index (χ2v) is 3.41. The molecule has 0 unspecified atom stereocenters. The second kappa shape index (κ2) is 5.38. The highest BCUT2D eigenvalue weighted by Gasteiger charge is 2.43. The normalized spacial score (nSPS) is 12.9. The summed E-state index contributed by atoms with van der Waals surface area (Å²) in [4.78, 5) is 3.00. The van der Waals surface area contributed by atoms with E-state index in [0.717, 1.165) is 0 Å². The molecule has 0 spiro atoms. The topological polar surface area (TPSA) is 48.1 Å². The molecule has 0 amide bonds. The Hall–Kier alpha value is -1.65. The highest BCUT2D eigenvalue weighted by Crippen LogP contribution is 2.43. The minimum absolute atomic E-state index is 0.0326. The summed E-state index contributed by atoms with van der Waals surface area (Å²) in [5.41, 5.74) is 0.475. The molecule has 0 aliphatic rings. The molecule has 0 radical (unpaired) electrons. The number of ether oxygens (including phenoxy) is 1. The van der Waals surface area contributed by atoms with Crippen LogP contribution < -0.4 is 10.5 Å². The van der Waals surface area contributed by atoms with E-state index in [-0.39, 0.29) is 6.20 Å². The molecule has 114 valence electrons. The first kappa shape index (κ1) is 16.4. The SMILES string of the molecule is NCc1ncc(C(F)(F)F)c(OC(F)(F)F)c1C(F)F. The smallest absolute Gasteiger partial charge is 0.404 e. The van der Waals surface area contributed by atoms with Gasteiger partial charge in [0.2, 0.25) is 0 Å². The van der Waals surface area contributed by atoms with E-state index in [4.69, 9.17) is 5.73 Å². The zero-order valence-corrected chi connectivity index (χ0v) is 9.32. The molecule has 1 heterocycles. The summed E-state index contributed by atoms with van der Waals surface area (Å²) in [7, 11) is 0. The Labute approximate surface area is 106 Å². The number of alkyl halides is 8. The number of halogens is 8. The van der Waals surface area contributed by atoms with Gasteiger partial charge in [0.25, 0.3) is 6.43 Å². The van der Waals surface area contributed by atoms with Gasteiger partial charge in [-0.25, -0.2) is 8.78 Å². The lowest BCUT2D eigenvalue weighted by atomic mass is 10.1. The Balaban J connectivity index is 3.59. The molecular weight excluding hydrogens is 304 g/mol. The van der Waals surface area contributed by atoms with Gasteiger partial charge in [-0.15, -0.1) is 13.2 Å². The van der Waals surface area contributed by atoms with Gasteiger partial charge < -0.3 is 10.5 Å². The predicted octanol–water partition coefficient (Wildman–Crippen LogP) is 3.40. The van der Waals surface area contributed by atoms with Crippen LogP contribution in [-0.4, -0.2) is 11.3 Å². The molecule has 20 heavy (non-hydrogen) atoms. The van der Waals surface area contributed by atoms with Crippen LogP contribution in [-0.2, 0) is 12.7 Å². The van der Waals surface area contributed by atoms with Crippen molar-refractivity contribution in [2.75, 3.05) is 0 Å². The zero-order valence-electron chi connectivity index (χ0n) is 9.32. The first-order valence-corrected chi connectivity index (χ1v) is 4.80. The number of hydrogen-bond donors (Lipinski definition) is 1. The number of rotatable bonds is 3. The van der Waals surface area contributed by atoms with Crippen molar-refractivity contribution in [1.82, 2.24) is 4.98 Å². The van der Waals surface area contributed by atoms with Crippen LogP contribution in [0.3, 0.4) is 0 Å². The summed E-state index contributed by atoms with van der Waals surface area (Å²) in [5.74, 6) is -2.03. The molecule has 3 nitrogen and oxygen atoms in total. The molecule has 2 N–H and O–H groups in total. The van der Waals surface area contributed by atoms with E-state index in [0.29, 0.717) is 0 Å². The molecule has 11 heteroatoms. The van der Waals surface area contributed by atoms with Crippen LogP contribution in [0.5, 0.6) is 5.75 Å². The molecule has 0 atom stereocenters. The Morgan fingerprint density at radius 1 is 1.15 bits per heavy atom. The highest BCUT2D eigenvalue weighted by atomic mass is 19.4. The van der Waals surface area contributed by atoms with Crippen molar-refractivity contribution in [3.63, 3.8) is 0 Å². The van der Waals surface area contributed by atoms with E-state index in [1.807, 2.05) is 0 Å². The van der Waals surface area contributed by atoms with Crippen molar-refractivity contribution in [3.8, 4) is 5.75 Å². The number of pyridine rings is 1. The van der Waals surface area contributed by atoms with Gasteiger partial charge >= 0.3 is 12.5 Å². The van der Waals surface area contributed by atoms with Crippen molar-refractivity contribution in [1.29, 1.82) is 0 Å². The van der Waals surface area contributed by atoms with Crippen molar-refractivity contribution >= 4 is 0 Å². The number of hydrogen-bond acceptors (Lipinski definition) is 3. The lowest BCUT2D eigenvalue weighted by Gasteiger charge is -2.19. The summed E-state index contributed by atoms with van der Waals surface area (Å²) in [5, 5.41) is 0. The van der Waals surface area contributed by atoms with Crippen LogP contribution in [0.4, 0.5) is 35.1 Å². The van der Waals surface area contributed by atoms with Crippen LogP contribution >= 0.6 is 0 Å². The maximum Gasteiger partial charge on any atom is 0.573 e. The third-order valence-electron chi connectivity index (χ3n) is 2.08. The average Bonchev–Trinajstić information content (AvgIpc) is 2.23. The third kappa shape index (κ3) is 3.68. The van der Waals surface area contributed by atoms with Crippen molar-refractivity contribution < 1.29 is 39.9 Å². The number of aromatic nitrogens is 1. The van der Waals surface area contributed by atoms with Crippen LogP contribution in [0.1, 0.15) is 23.2 Å². The fraction of sp³-hybridized carbons (Fsp3) is 0.444. The zero-order chi connectivity index (χ0) is 15.7. The van der Waals surface area contributed by atoms with Gasteiger partial charge in [-0.05, 0) is 0 Å². The molecule has 0 aromatic carbocycles. The second-order valence-electron chi connectivity index (χ2n) is 3.41. The lowest BCUT2D eigenvalue weighted by molar-refractivity contribution is -0.276. The highest BCUT2D eigenvalue weighted by molar-refractivity contribution is 5.45. The molecule has 1 aromatic heterocycles. The number of nitrogens with zero attached hydrogens (tertiary/aromatic N) is 1. The molecule has 0 saturated heterocycles. The van der Waals surface area contributed by atoms with Crippen LogP contribution in [0.2, 0.25) is 0 Å². The quantitative estimate of drug-likeness (QED) is 0.871. The van der Waals surface area contributed by atoms with Gasteiger partial charge in [0.15, 0.2) is 5.75 Å². The Morgan fingerprint density at radius 3 is 2.05 bits per heavy atom. The van der Waals surface area contributed by atoms with Crippen LogP contribution in [0, 0.1) is 0 Å². The summed E-state index contributed by atoms with van der Waals surface area (Å²) in [6, 6.07) is 0. The Kier molecular flexibility index (Phi) is 4.42. The third-order valence-corrected chi connectivity index (χ3v) is 2.08. The van der Waals surface area contributed by atoms with E-state index in [9.17, 15) is 35.1 Å². The molecular formula is C9H6F8N2O. The molecule has 0 aliphatic carbocycles. The van der Waals surface area contributed by atoms with Crippen molar-refractivity contribution in [2.24, 2.45) is 5.73 Å². The summed E-state index contributed by atoms with van der Waals surface area (Å²) in [6.45, 7) is -0.772. The van der Waals surface area contributed by atoms with E-state index in [1.165, 1.54) is 0 Å². The monoisotopic (exact) mass is 310 g/mol. The number of nitrogens with two attached hydrogens (primary N) is 1. The molecule has 0 aliphatic heterocycles. The molecule has 1 aromatic rings. The Morgan fingerprint density at radius 2 is 1.70 bits per heavy atom. The molecule has 0 fully saturated rings. The predicted molar refractivity (Wildman–Crippen MR) is 48.8 cm³/mol. The van der Waals surface area contributed by atoms with Crippen molar-refractivity contribution in [3.05, 3.63) is 23.0 Å². The van der Waals surface area contributed by atoms with E-state index < -0.39 is 48.1 Å². The van der Waals surface area contributed by atoms with E-state index >= 15 is 0 Å². The van der Waals surface area contributed by atoms with E-state index in [2.05, 4.69) is 9.72 Å². The fourth-order valence-corrected chi connectivity index (χ4v) is 1.36. The minimum atomic E-state index is -5.57. The van der Waals surface area contributed by atoms with Gasteiger partial charge in [-0.3, -0.25) is 4.98 Å². The van der Waals surface area contributed by atoms with Crippen molar-refractivity contribution in [2.45, 2.75) is 25.5 Å². The molecule has 0 saturated carbocycles. The lowest BCUT2D eigenvalue weighted by Crippen LogP contribution is -2.23. The minimum Gasteiger partial charge on any atom is -0.404 e. The first-order valence-electron chi connectivity index (χ1n) is 4.80. The van der Waals surface area contributed by atoms with Gasteiger partial charge in [0.05, 0.1) is 11.3 Å².